The van der Waals surface area contributed by atoms with E-state index < -0.39 is 5.97 Å². The summed E-state index contributed by atoms with van der Waals surface area (Å²) in [4.78, 5) is 42.2. The highest BCUT2D eigenvalue weighted by Gasteiger charge is 2.12. The van der Waals surface area contributed by atoms with E-state index in [1.807, 2.05) is 0 Å². The van der Waals surface area contributed by atoms with Gasteiger partial charge in [0.25, 0.3) is 5.56 Å². The van der Waals surface area contributed by atoms with Crippen molar-refractivity contribution >= 4 is 50.3 Å². The van der Waals surface area contributed by atoms with Crippen molar-refractivity contribution in [2.45, 2.75) is 19.0 Å². The normalized spacial score (nSPS) is 10.7. The van der Waals surface area contributed by atoms with E-state index >= 15 is 0 Å². The van der Waals surface area contributed by atoms with Crippen LogP contribution in [0, 0.1) is 6.92 Å². The number of fused-ring (bicyclic) bond motifs is 1. The predicted octanol–water partition coefficient (Wildman–Crippen LogP) is 1.99. The number of rotatable bonds is 6. The molecular weight excluding hydrogens is 390 g/mol. The Kier molecular flexibility index (Phi) is 5.81. The van der Waals surface area contributed by atoms with E-state index in [1.165, 1.54) is 11.3 Å². The summed E-state index contributed by atoms with van der Waals surface area (Å²) in [5.74, 6) is -0.659. The molecule has 2 N–H and O–H groups in total. The molecule has 3 rings (SSSR count). The fraction of sp³-hybridized carbons (Fsp3) is 0.250. The van der Waals surface area contributed by atoms with Crippen LogP contribution in [-0.2, 0) is 9.53 Å². The van der Waals surface area contributed by atoms with Crippen LogP contribution in [0.25, 0.3) is 10.2 Å². The molecule has 0 fully saturated rings. The second-order valence-corrected chi connectivity index (χ2v) is 7.30. The standard InChI is InChI=1S/C16H15N5O4S2/c1-3-25-14(24)9-4-5-10-11(6-9)27-15(17-10)18-12(22)7-26-16-19-13(23)8(2)20-21-16/h4-6H,3,7H2,1-2H3,(H,17,18,22)(H,19,21,23). The van der Waals surface area contributed by atoms with Crippen LogP contribution in [-0.4, -0.2) is 44.4 Å². The first-order valence-corrected chi connectivity index (χ1v) is 9.70. The smallest absolute Gasteiger partial charge is 0.338 e. The van der Waals surface area contributed by atoms with Crippen molar-refractivity contribution in [3.8, 4) is 0 Å². The van der Waals surface area contributed by atoms with Gasteiger partial charge in [0, 0.05) is 0 Å². The number of aromatic nitrogens is 4. The van der Waals surface area contributed by atoms with Gasteiger partial charge in [-0.2, -0.15) is 0 Å². The summed E-state index contributed by atoms with van der Waals surface area (Å²) in [6.07, 6.45) is 0. The number of H-pyrrole nitrogens is 1. The lowest BCUT2D eigenvalue weighted by atomic mass is 10.2. The van der Waals surface area contributed by atoms with Gasteiger partial charge in [-0.1, -0.05) is 23.1 Å². The number of benzene rings is 1. The van der Waals surface area contributed by atoms with Crippen LogP contribution in [0.3, 0.4) is 0 Å². The first-order chi connectivity index (χ1) is 13.0. The summed E-state index contributed by atoms with van der Waals surface area (Å²) in [5, 5.41) is 10.9. The number of nitrogens with zero attached hydrogens (tertiary/aromatic N) is 3. The van der Waals surface area contributed by atoms with Crippen LogP contribution in [0.5, 0.6) is 0 Å². The molecule has 1 aromatic carbocycles. The number of ether oxygens (including phenoxy) is 1. The molecule has 0 saturated carbocycles. The molecule has 0 saturated heterocycles. The Hall–Kier alpha value is -2.79. The van der Waals surface area contributed by atoms with E-state index in [-0.39, 0.29) is 28.1 Å². The maximum atomic E-state index is 12.1. The number of aryl methyl sites for hydroxylation is 1. The van der Waals surface area contributed by atoms with E-state index in [0.717, 1.165) is 16.5 Å². The SMILES string of the molecule is CCOC(=O)c1ccc2nc(NC(=O)CSc3nnc(C)c(=O)[nH]3)sc2c1. The molecule has 0 aliphatic rings. The van der Waals surface area contributed by atoms with Crippen LogP contribution in [0.15, 0.2) is 28.2 Å². The van der Waals surface area contributed by atoms with Gasteiger partial charge in [0.1, 0.15) is 5.69 Å². The Morgan fingerprint density at radius 1 is 1.33 bits per heavy atom. The van der Waals surface area contributed by atoms with Crippen LogP contribution in [0.4, 0.5) is 5.13 Å². The quantitative estimate of drug-likeness (QED) is 0.471. The van der Waals surface area contributed by atoms with Crippen LogP contribution < -0.4 is 10.9 Å². The maximum absolute atomic E-state index is 12.1. The van der Waals surface area contributed by atoms with Gasteiger partial charge in [-0.15, -0.1) is 10.2 Å². The van der Waals surface area contributed by atoms with E-state index in [2.05, 4.69) is 25.5 Å². The van der Waals surface area contributed by atoms with Gasteiger partial charge >= 0.3 is 5.97 Å². The highest BCUT2D eigenvalue weighted by atomic mass is 32.2. The predicted molar refractivity (Wildman–Crippen MR) is 102 cm³/mol. The van der Waals surface area contributed by atoms with Crippen molar-refractivity contribution in [2.75, 3.05) is 17.7 Å². The summed E-state index contributed by atoms with van der Waals surface area (Å²) in [6, 6.07) is 5.02. The Morgan fingerprint density at radius 3 is 2.89 bits per heavy atom. The molecule has 3 aromatic rings. The molecule has 11 heteroatoms. The van der Waals surface area contributed by atoms with Crippen LogP contribution in [0.2, 0.25) is 0 Å². The molecule has 140 valence electrons. The third-order valence-electron chi connectivity index (χ3n) is 3.33. The summed E-state index contributed by atoms with van der Waals surface area (Å²) in [7, 11) is 0. The van der Waals surface area contributed by atoms with E-state index in [9.17, 15) is 14.4 Å². The number of carbonyl (C=O) groups is 2. The van der Waals surface area contributed by atoms with Crippen molar-refractivity contribution in [1.29, 1.82) is 0 Å². The number of esters is 1. The van der Waals surface area contributed by atoms with Gasteiger partial charge in [0.15, 0.2) is 10.3 Å². The molecule has 0 atom stereocenters. The Balaban J connectivity index is 1.65. The van der Waals surface area contributed by atoms with Gasteiger partial charge < -0.3 is 10.1 Å². The molecule has 0 bridgehead atoms. The summed E-state index contributed by atoms with van der Waals surface area (Å²) in [5.41, 5.74) is 1.03. The minimum absolute atomic E-state index is 0.0394. The van der Waals surface area contributed by atoms with Gasteiger partial charge in [-0.25, -0.2) is 9.78 Å². The maximum Gasteiger partial charge on any atom is 0.338 e. The van der Waals surface area contributed by atoms with Crippen molar-refractivity contribution in [3.05, 3.63) is 39.8 Å². The molecule has 0 aliphatic carbocycles. The lowest BCUT2D eigenvalue weighted by Gasteiger charge is -2.01. The average Bonchev–Trinajstić information content (AvgIpc) is 3.04. The van der Waals surface area contributed by atoms with E-state index in [4.69, 9.17) is 4.74 Å². The first kappa shape index (κ1) is 19.0. The third-order valence-corrected chi connectivity index (χ3v) is 5.12. The fourth-order valence-electron chi connectivity index (χ4n) is 2.05. The molecule has 0 radical (unpaired) electrons. The minimum atomic E-state index is -0.400. The highest BCUT2D eigenvalue weighted by Crippen LogP contribution is 2.27. The van der Waals surface area contributed by atoms with Gasteiger partial charge in [0.05, 0.1) is 28.1 Å². The lowest BCUT2D eigenvalue weighted by molar-refractivity contribution is -0.113. The number of thioether (sulfide) groups is 1. The first-order valence-electron chi connectivity index (χ1n) is 7.90. The Labute approximate surface area is 161 Å². The second kappa shape index (κ2) is 8.27. The largest absolute Gasteiger partial charge is 0.462 e. The van der Waals surface area contributed by atoms with Crippen molar-refractivity contribution < 1.29 is 14.3 Å². The Morgan fingerprint density at radius 2 is 2.15 bits per heavy atom. The zero-order valence-electron chi connectivity index (χ0n) is 14.4. The summed E-state index contributed by atoms with van der Waals surface area (Å²) < 4.78 is 5.74. The number of hydrogen-bond acceptors (Lipinski definition) is 9. The van der Waals surface area contributed by atoms with E-state index in [1.54, 1.807) is 32.0 Å². The van der Waals surface area contributed by atoms with Gasteiger partial charge in [-0.3, -0.25) is 14.6 Å². The number of anilines is 1. The number of aromatic amines is 1. The number of thiazole rings is 1. The van der Waals surface area contributed by atoms with Crippen molar-refractivity contribution in [2.24, 2.45) is 0 Å². The molecule has 1 amide bonds. The van der Waals surface area contributed by atoms with Crippen molar-refractivity contribution in [3.63, 3.8) is 0 Å². The summed E-state index contributed by atoms with van der Waals surface area (Å²) >= 11 is 2.32. The third kappa shape index (κ3) is 4.68. The number of nitrogens with one attached hydrogen (secondary N) is 2. The molecule has 2 aromatic heterocycles. The van der Waals surface area contributed by atoms with Gasteiger partial charge in [-0.05, 0) is 32.0 Å². The molecule has 27 heavy (non-hydrogen) atoms. The molecule has 0 unspecified atom stereocenters. The zero-order valence-corrected chi connectivity index (χ0v) is 16.1. The summed E-state index contributed by atoms with van der Waals surface area (Å²) in [6.45, 7) is 3.59. The Bertz CT molecular complexity index is 1060. The molecule has 2 heterocycles. The molecule has 9 nitrogen and oxygen atoms in total. The molecule has 0 aliphatic heterocycles. The van der Waals surface area contributed by atoms with Gasteiger partial charge in [0.2, 0.25) is 5.91 Å². The number of amides is 1. The van der Waals surface area contributed by atoms with Crippen LogP contribution >= 0.6 is 23.1 Å². The number of hydrogen-bond donors (Lipinski definition) is 2. The van der Waals surface area contributed by atoms with Crippen LogP contribution in [0.1, 0.15) is 23.0 Å². The fourth-order valence-corrected chi connectivity index (χ4v) is 3.58. The highest BCUT2D eigenvalue weighted by molar-refractivity contribution is 7.99. The lowest BCUT2D eigenvalue weighted by Crippen LogP contribution is -2.17. The minimum Gasteiger partial charge on any atom is -0.462 e. The second-order valence-electron chi connectivity index (χ2n) is 5.30. The monoisotopic (exact) mass is 405 g/mol. The van der Waals surface area contributed by atoms with Crippen molar-refractivity contribution in [1.82, 2.24) is 20.2 Å². The topological polar surface area (TPSA) is 127 Å². The average molecular weight is 405 g/mol. The number of carbonyl (C=O) groups excluding carboxylic acids is 2. The molecule has 0 spiro atoms. The zero-order chi connectivity index (χ0) is 19.4. The van der Waals surface area contributed by atoms with E-state index in [0.29, 0.717) is 22.8 Å². The molecular formula is C16H15N5O4S2.